The van der Waals surface area contributed by atoms with E-state index >= 15 is 0 Å². The number of halogens is 2. The molecule has 0 radical (unpaired) electrons. The molecule has 0 atom stereocenters. The standard InChI is InChI=1S/C7H12F2/c1-5-3-6(4-5)7(2,8)9/h5-6H,3-4H2,1-2H3. The molecule has 0 aromatic carbocycles. The minimum Gasteiger partial charge on any atom is -0.207 e. The lowest BCUT2D eigenvalue weighted by atomic mass is 9.73. The third-order valence-corrected chi connectivity index (χ3v) is 2.09. The molecular weight excluding hydrogens is 122 g/mol. The van der Waals surface area contributed by atoms with Crippen LogP contribution in [0.4, 0.5) is 8.78 Å². The monoisotopic (exact) mass is 134 g/mol. The summed E-state index contributed by atoms with van der Waals surface area (Å²) < 4.78 is 24.7. The van der Waals surface area contributed by atoms with Crippen LogP contribution in [0.15, 0.2) is 0 Å². The summed E-state index contributed by atoms with van der Waals surface area (Å²) in [5, 5.41) is 0. The highest BCUT2D eigenvalue weighted by Gasteiger charge is 2.41. The molecule has 0 saturated heterocycles. The first kappa shape index (κ1) is 6.97. The van der Waals surface area contributed by atoms with Gasteiger partial charge in [-0.1, -0.05) is 6.92 Å². The topological polar surface area (TPSA) is 0 Å². The van der Waals surface area contributed by atoms with Gasteiger partial charge in [-0.05, 0) is 25.7 Å². The Morgan fingerprint density at radius 2 is 1.78 bits per heavy atom. The quantitative estimate of drug-likeness (QED) is 0.517. The van der Waals surface area contributed by atoms with Crippen molar-refractivity contribution >= 4 is 0 Å². The molecule has 0 aromatic rings. The van der Waals surface area contributed by atoms with Crippen LogP contribution in [0.1, 0.15) is 26.7 Å². The van der Waals surface area contributed by atoms with Gasteiger partial charge in [-0.25, -0.2) is 8.78 Å². The van der Waals surface area contributed by atoms with Crippen molar-refractivity contribution in [2.45, 2.75) is 32.6 Å². The van der Waals surface area contributed by atoms with Crippen molar-refractivity contribution < 1.29 is 8.78 Å². The molecule has 54 valence electrons. The van der Waals surface area contributed by atoms with Gasteiger partial charge in [-0.15, -0.1) is 0 Å². The lowest BCUT2D eigenvalue weighted by Crippen LogP contribution is -2.35. The molecule has 0 N–H and O–H groups in total. The molecule has 0 spiro atoms. The van der Waals surface area contributed by atoms with E-state index in [2.05, 4.69) is 0 Å². The molecule has 0 aromatic heterocycles. The van der Waals surface area contributed by atoms with Gasteiger partial charge in [0.1, 0.15) is 0 Å². The minimum absolute atomic E-state index is 0.326. The van der Waals surface area contributed by atoms with E-state index in [0.717, 1.165) is 6.92 Å². The first-order valence-electron chi connectivity index (χ1n) is 3.38. The lowest BCUT2D eigenvalue weighted by molar-refractivity contribution is -0.0869. The predicted molar refractivity (Wildman–Crippen MR) is 32.5 cm³/mol. The van der Waals surface area contributed by atoms with Crippen molar-refractivity contribution in [1.29, 1.82) is 0 Å². The van der Waals surface area contributed by atoms with Crippen LogP contribution >= 0.6 is 0 Å². The number of hydrogen-bond acceptors (Lipinski definition) is 0. The summed E-state index contributed by atoms with van der Waals surface area (Å²) in [4.78, 5) is 0. The van der Waals surface area contributed by atoms with Gasteiger partial charge in [-0.3, -0.25) is 0 Å². The Hall–Kier alpha value is -0.140. The molecule has 1 aliphatic carbocycles. The summed E-state index contributed by atoms with van der Waals surface area (Å²) >= 11 is 0. The van der Waals surface area contributed by atoms with Crippen LogP contribution < -0.4 is 0 Å². The second kappa shape index (κ2) is 1.93. The Bertz CT molecular complexity index is 98.0. The fourth-order valence-corrected chi connectivity index (χ4v) is 1.32. The Labute approximate surface area is 54.3 Å². The van der Waals surface area contributed by atoms with Crippen molar-refractivity contribution in [1.82, 2.24) is 0 Å². The van der Waals surface area contributed by atoms with Crippen molar-refractivity contribution in [2.75, 3.05) is 0 Å². The zero-order valence-electron chi connectivity index (χ0n) is 5.82. The van der Waals surface area contributed by atoms with Crippen LogP contribution in [0.5, 0.6) is 0 Å². The van der Waals surface area contributed by atoms with Crippen molar-refractivity contribution in [3.8, 4) is 0 Å². The maximum atomic E-state index is 12.3. The molecule has 1 aliphatic rings. The lowest BCUT2D eigenvalue weighted by Gasteiger charge is -2.36. The average molecular weight is 134 g/mol. The zero-order chi connectivity index (χ0) is 7.07. The van der Waals surface area contributed by atoms with E-state index in [1.807, 2.05) is 6.92 Å². The number of hydrogen-bond donors (Lipinski definition) is 0. The van der Waals surface area contributed by atoms with Gasteiger partial charge in [0, 0.05) is 5.92 Å². The fraction of sp³-hybridized carbons (Fsp3) is 1.00. The Balaban J connectivity index is 2.32. The smallest absolute Gasteiger partial charge is 0.207 e. The first-order valence-corrected chi connectivity index (χ1v) is 3.38. The summed E-state index contributed by atoms with van der Waals surface area (Å²) in [5.41, 5.74) is 0. The van der Waals surface area contributed by atoms with E-state index in [4.69, 9.17) is 0 Å². The molecule has 0 nitrogen and oxygen atoms in total. The average Bonchev–Trinajstić information content (AvgIpc) is 1.55. The largest absolute Gasteiger partial charge is 0.248 e. The van der Waals surface area contributed by atoms with Gasteiger partial charge in [0.25, 0.3) is 0 Å². The fourth-order valence-electron chi connectivity index (χ4n) is 1.32. The molecule has 0 bridgehead atoms. The van der Waals surface area contributed by atoms with E-state index in [1.54, 1.807) is 0 Å². The molecule has 0 aliphatic heterocycles. The van der Waals surface area contributed by atoms with Crippen LogP contribution in [-0.2, 0) is 0 Å². The van der Waals surface area contributed by atoms with E-state index in [9.17, 15) is 8.78 Å². The maximum Gasteiger partial charge on any atom is 0.248 e. The molecule has 0 heterocycles. The summed E-state index contributed by atoms with van der Waals surface area (Å²) in [6.45, 7) is 3.03. The Kier molecular flexibility index (Phi) is 1.49. The van der Waals surface area contributed by atoms with Gasteiger partial charge in [0.2, 0.25) is 5.92 Å². The normalized spacial score (nSPS) is 36.0. The van der Waals surface area contributed by atoms with Crippen molar-refractivity contribution in [3.05, 3.63) is 0 Å². The highest BCUT2D eigenvalue weighted by molar-refractivity contribution is 4.84. The van der Waals surface area contributed by atoms with Gasteiger partial charge >= 0.3 is 0 Å². The van der Waals surface area contributed by atoms with Crippen LogP contribution in [0.3, 0.4) is 0 Å². The third-order valence-electron chi connectivity index (χ3n) is 2.09. The van der Waals surface area contributed by atoms with E-state index in [-0.39, 0.29) is 5.92 Å². The van der Waals surface area contributed by atoms with Crippen LogP contribution in [0, 0.1) is 11.8 Å². The number of alkyl halides is 2. The van der Waals surface area contributed by atoms with Crippen molar-refractivity contribution in [2.24, 2.45) is 11.8 Å². The first-order chi connectivity index (χ1) is 4.00. The number of rotatable bonds is 1. The van der Waals surface area contributed by atoms with Crippen molar-refractivity contribution in [3.63, 3.8) is 0 Å². The van der Waals surface area contributed by atoms with E-state index in [1.165, 1.54) is 0 Å². The second-order valence-electron chi connectivity index (χ2n) is 3.23. The van der Waals surface area contributed by atoms with Gasteiger partial charge < -0.3 is 0 Å². The summed E-state index contributed by atoms with van der Waals surface area (Å²) in [7, 11) is 0. The minimum atomic E-state index is -2.42. The van der Waals surface area contributed by atoms with Crippen LogP contribution in [-0.4, -0.2) is 5.92 Å². The molecule has 1 fully saturated rings. The SMILES string of the molecule is CC1CC(C(C)(F)F)C1. The van der Waals surface area contributed by atoms with Crippen LogP contribution in [0.2, 0.25) is 0 Å². The molecule has 2 heteroatoms. The van der Waals surface area contributed by atoms with Gasteiger partial charge in [0.05, 0.1) is 0 Å². The van der Waals surface area contributed by atoms with E-state index < -0.39 is 5.92 Å². The van der Waals surface area contributed by atoms with Gasteiger partial charge in [-0.2, -0.15) is 0 Å². The Morgan fingerprint density at radius 3 is 1.89 bits per heavy atom. The molecule has 9 heavy (non-hydrogen) atoms. The Morgan fingerprint density at radius 1 is 1.33 bits per heavy atom. The van der Waals surface area contributed by atoms with Gasteiger partial charge in [0.15, 0.2) is 0 Å². The van der Waals surface area contributed by atoms with E-state index in [0.29, 0.717) is 18.8 Å². The summed E-state index contributed by atoms with van der Waals surface area (Å²) in [5.74, 6) is -2.22. The second-order valence-corrected chi connectivity index (χ2v) is 3.23. The van der Waals surface area contributed by atoms with Crippen LogP contribution in [0.25, 0.3) is 0 Å². The molecule has 1 rings (SSSR count). The predicted octanol–water partition coefficient (Wildman–Crippen LogP) is 2.69. The summed E-state index contributed by atoms with van der Waals surface area (Å²) in [6, 6.07) is 0. The molecule has 1 saturated carbocycles. The molecule has 0 amide bonds. The summed E-state index contributed by atoms with van der Waals surface area (Å²) in [6.07, 6.45) is 1.42. The maximum absolute atomic E-state index is 12.3. The highest BCUT2D eigenvalue weighted by Crippen LogP contribution is 2.43. The highest BCUT2D eigenvalue weighted by atomic mass is 19.3. The third kappa shape index (κ3) is 1.41. The zero-order valence-corrected chi connectivity index (χ0v) is 5.82. The molecule has 0 unspecified atom stereocenters. The molecular formula is C7H12F2.